The number of hydrogen-bond acceptors (Lipinski definition) is 3. The van der Waals surface area contributed by atoms with Gasteiger partial charge in [-0.1, -0.05) is 0 Å². The number of halogens is 1. The normalized spacial score (nSPS) is 28.7. The van der Waals surface area contributed by atoms with E-state index in [-0.39, 0.29) is 6.10 Å². The van der Waals surface area contributed by atoms with E-state index >= 15 is 0 Å². The molecule has 0 aliphatic carbocycles. The minimum atomic E-state index is 0.233. The van der Waals surface area contributed by atoms with Crippen LogP contribution < -0.4 is 5.32 Å². The lowest BCUT2D eigenvalue weighted by atomic mass is 10.2. The molecule has 1 aromatic heterocycles. The molecule has 0 radical (unpaired) electrons. The molecule has 2 heterocycles. The molecule has 0 saturated carbocycles. The van der Waals surface area contributed by atoms with Crippen molar-refractivity contribution in [3.63, 3.8) is 0 Å². The van der Waals surface area contributed by atoms with Gasteiger partial charge < -0.3 is 10.1 Å². The SMILES string of the molecule is CC1CCOC(c2ccc(Br)s2)CN1. The average molecular weight is 276 g/mol. The Morgan fingerprint density at radius 1 is 1.57 bits per heavy atom. The summed E-state index contributed by atoms with van der Waals surface area (Å²) in [7, 11) is 0. The van der Waals surface area contributed by atoms with E-state index in [9.17, 15) is 0 Å². The number of nitrogens with one attached hydrogen (secondary N) is 1. The second-order valence-electron chi connectivity index (χ2n) is 3.60. The van der Waals surface area contributed by atoms with Gasteiger partial charge in [0.2, 0.25) is 0 Å². The third-order valence-electron chi connectivity index (χ3n) is 2.43. The van der Waals surface area contributed by atoms with Gasteiger partial charge in [-0.2, -0.15) is 0 Å². The Bertz CT molecular complexity index is 302. The van der Waals surface area contributed by atoms with Crippen LogP contribution in [0.25, 0.3) is 0 Å². The van der Waals surface area contributed by atoms with Crippen molar-refractivity contribution in [1.82, 2.24) is 5.32 Å². The number of ether oxygens (including phenoxy) is 1. The van der Waals surface area contributed by atoms with Gasteiger partial charge in [0.05, 0.1) is 3.79 Å². The zero-order valence-electron chi connectivity index (χ0n) is 8.13. The van der Waals surface area contributed by atoms with E-state index in [0.29, 0.717) is 6.04 Å². The van der Waals surface area contributed by atoms with E-state index in [2.05, 4.69) is 40.3 Å². The van der Waals surface area contributed by atoms with Gasteiger partial charge in [-0.3, -0.25) is 0 Å². The lowest BCUT2D eigenvalue weighted by molar-refractivity contribution is 0.0689. The Kier molecular flexibility index (Phi) is 3.60. The summed E-state index contributed by atoms with van der Waals surface area (Å²) in [5.41, 5.74) is 0. The predicted molar refractivity (Wildman–Crippen MR) is 62.8 cm³/mol. The summed E-state index contributed by atoms with van der Waals surface area (Å²) in [6.07, 6.45) is 1.33. The van der Waals surface area contributed by atoms with Gasteiger partial charge in [-0.05, 0) is 41.4 Å². The van der Waals surface area contributed by atoms with Crippen molar-refractivity contribution in [1.29, 1.82) is 0 Å². The van der Waals surface area contributed by atoms with Gasteiger partial charge in [0.1, 0.15) is 6.10 Å². The highest BCUT2D eigenvalue weighted by Gasteiger charge is 2.18. The molecule has 0 spiro atoms. The summed E-state index contributed by atoms with van der Waals surface area (Å²) in [6.45, 7) is 3.98. The molecule has 2 atom stereocenters. The summed E-state index contributed by atoms with van der Waals surface area (Å²) in [6, 6.07) is 4.79. The standard InChI is InChI=1S/C10H14BrNOS/c1-7-4-5-13-8(6-12-7)9-2-3-10(11)14-9/h2-3,7-8,12H,4-6H2,1H3. The molecule has 0 bridgehead atoms. The molecule has 1 aliphatic heterocycles. The number of hydrogen-bond donors (Lipinski definition) is 1. The van der Waals surface area contributed by atoms with E-state index in [4.69, 9.17) is 4.74 Å². The highest BCUT2D eigenvalue weighted by Crippen LogP contribution is 2.29. The van der Waals surface area contributed by atoms with Gasteiger partial charge in [-0.15, -0.1) is 11.3 Å². The van der Waals surface area contributed by atoms with Crippen molar-refractivity contribution in [2.75, 3.05) is 13.2 Å². The van der Waals surface area contributed by atoms with Crippen LogP contribution in [0, 0.1) is 0 Å². The fourth-order valence-electron chi connectivity index (χ4n) is 1.54. The maximum atomic E-state index is 5.80. The first-order chi connectivity index (χ1) is 6.75. The summed E-state index contributed by atoms with van der Waals surface area (Å²) in [5, 5.41) is 3.47. The topological polar surface area (TPSA) is 21.3 Å². The van der Waals surface area contributed by atoms with Crippen LogP contribution in [0.2, 0.25) is 0 Å². The number of rotatable bonds is 1. The first-order valence-electron chi connectivity index (χ1n) is 4.86. The van der Waals surface area contributed by atoms with Gasteiger partial charge in [0.15, 0.2) is 0 Å². The Labute approximate surface area is 96.8 Å². The largest absolute Gasteiger partial charge is 0.371 e. The van der Waals surface area contributed by atoms with E-state index in [1.807, 2.05) is 0 Å². The fraction of sp³-hybridized carbons (Fsp3) is 0.600. The predicted octanol–water partition coefficient (Wildman–Crippen LogP) is 2.95. The van der Waals surface area contributed by atoms with Crippen LogP contribution in [0.3, 0.4) is 0 Å². The maximum absolute atomic E-state index is 5.80. The van der Waals surface area contributed by atoms with Crippen molar-refractivity contribution in [3.05, 3.63) is 20.8 Å². The molecule has 1 aliphatic rings. The minimum absolute atomic E-state index is 0.233. The molecule has 0 amide bonds. The zero-order valence-corrected chi connectivity index (χ0v) is 10.5. The monoisotopic (exact) mass is 275 g/mol. The molecule has 4 heteroatoms. The summed E-state index contributed by atoms with van der Waals surface area (Å²) < 4.78 is 6.97. The van der Waals surface area contributed by atoms with Crippen molar-refractivity contribution in [3.8, 4) is 0 Å². The van der Waals surface area contributed by atoms with Crippen molar-refractivity contribution in [2.45, 2.75) is 25.5 Å². The lowest BCUT2D eigenvalue weighted by Crippen LogP contribution is -2.27. The molecule has 78 valence electrons. The van der Waals surface area contributed by atoms with Gasteiger partial charge in [0, 0.05) is 24.1 Å². The van der Waals surface area contributed by atoms with Crippen LogP contribution in [0.1, 0.15) is 24.3 Å². The molecule has 1 fully saturated rings. The molecule has 0 aromatic carbocycles. The van der Waals surface area contributed by atoms with Crippen LogP contribution in [0.15, 0.2) is 15.9 Å². The van der Waals surface area contributed by atoms with E-state index in [1.165, 1.54) is 8.66 Å². The third-order valence-corrected chi connectivity index (χ3v) is 4.15. The minimum Gasteiger partial charge on any atom is -0.371 e. The smallest absolute Gasteiger partial charge is 0.104 e. The number of thiophene rings is 1. The van der Waals surface area contributed by atoms with E-state index in [0.717, 1.165) is 19.6 Å². The zero-order chi connectivity index (χ0) is 9.97. The quantitative estimate of drug-likeness (QED) is 0.851. The highest BCUT2D eigenvalue weighted by molar-refractivity contribution is 9.11. The lowest BCUT2D eigenvalue weighted by Gasteiger charge is -2.13. The van der Waals surface area contributed by atoms with Crippen LogP contribution in [0.5, 0.6) is 0 Å². The van der Waals surface area contributed by atoms with E-state index < -0.39 is 0 Å². The van der Waals surface area contributed by atoms with Gasteiger partial charge in [-0.25, -0.2) is 0 Å². The molecule has 1 aromatic rings. The Morgan fingerprint density at radius 3 is 3.14 bits per heavy atom. The van der Waals surface area contributed by atoms with Crippen LogP contribution >= 0.6 is 27.3 Å². The van der Waals surface area contributed by atoms with Crippen LogP contribution in [-0.2, 0) is 4.74 Å². The molecule has 2 unspecified atom stereocenters. The molecular formula is C10H14BrNOS. The van der Waals surface area contributed by atoms with E-state index in [1.54, 1.807) is 11.3 Å². The fourth-order valence-corrected chi connectivity index (χ4v) is 3.01. The second-order valence-corrected chi connectivity index (χ2v) is 6.09. The molecular weight excluding hydrogens is 262 g/mol. The molecule has 1 N–H and O–H groups in total. The maximum Gasteiger partial charge on any atom is 0.104 e. The van der Waals surface area contributed by atoms with Crippen LogP contribution in [-0.4, -0.2) is 19.2 Å². The molecule has 1 saturated heterocycles. The first kappa shape index (κ1) is 10.6. The van der Waals surface area contributed by atoms with Gasteiger partial charge in [0.25, 0.3) is 0 Å². The van der Waals surface area contributed by atoms with Crippen LogP contribution in [0.4, 0.5) is 0 Å². The summed E-state index contributed by atoms with van der Waals surface area (Å²) in [4.78, 5) is 1.30. The average Bonchev–Trinajstić information content (AvgIpc) is 2.46. The third kappa shape index (κ3) is 2.57. The second kappa shape index (κ2) is 4.75. The van der Waals surface area contributed by atoms with Crippen molar-refractivity contribution < 1.29 is 4.74 Å². The Balaban J connectivity index is 2.04. The Morgan fingerprint density at radius 2 is 2.43 bits per heavy atom. The van der Waals surface area contributed by atoms with Crippen molar-refractivity contribution >= 4 is 27.3 Å². The molecule has 14 heavy (non-hydrogen) atoms. The Hall–Kier alpha value is 0.1000. The molecule has 2 nitrogen and oxygen atoms in total. The summed E-state index contributed by atoms with van der Waals surface area (Å²) >= 11 is 5.23. The van der Waals surface area contributed by atoms with Gasteiger partial charge >= 0.3 is 0 Å². The highest BCUT2D eigenvalue weighted by atomic mass is 79.9. The first-order valence-corrected chi connectivity index (χ1v) is 6.47. The summed E-state index contributed by atoms with van der Waals surface area (Å²) in [5.74, 6) is 0. The molecule has 2 rings (SSSR count). The van der Waals surface area contributed by atoms with Crippen molar-refractivity contribution in [2.24, 2.45) is 0 Å².